The van der Waals surface area contributed by atoms with Gasteiger partial charge in [0.15, 0.2) is 0 Å². The molecule has 0 fully saturated rings. The molecule has 0 radical (unpaired) electrons. The van der Waals surface area contributed by atoms with Crippen molar-refractivity contribution in [2.24, 2.45) is 0 Å². The average molecular weight is 291 g/mol. The third-order valence-electron chi connectivity index (χ3n) is 1.82. The van der Waals surface area contributed by atoms with Crippen LogP contribution in [-0.4, -0.2) is 35.1 Å². The number of carboxylic acid groups (broad SMARTS) is 1. The number of halogens is 2. The Bertz CT molecular complexity index is 439. The first-order valence-electron chi connectivity index (χ1n) is 5.11. The zero-order valence-corrected chi connectivity index (χ0v) is 10.5. The van der Waals surface area contributed by atoms with Crippen molar-refractivity contribution in [1.29, 1.82) is 0 Å². The highest BCUT2D eigenvalue weighted by Gasteiger charge is 2.06. The van der Waals surface area contributed by atoms with Crippen molar-refractivity contribution in [3.63, 3.8) is 0 Å². The van der Waals surface area contributed by atoms with Crippen LogP contribution in [-0.2, 0) is 9.59 Å². The number of hydrogen-bond acceptors (Lipinski definition) is 4. The summed E-state index contributed by atoms with van der Waals surface area (Å²) in [6.07, 6.45) is 0. The number of rotatable bonds is 7. The molecule has 0 saturated heterocycles. The van der Waals surface area contributed by atoms with Crippen LogP contribution in [0.25, 0.3) is 0 Å². The summed E-state index contributed by atoms with van der Waals surface area (Å²) in [6.45, 7) is -2.90. The summed E-state index contributed by atoms with van der Waals surface area (Å²) in [5.74, 6) is -1.52. The lowest BCUT2D eigenvalue weighted by atomic mass is 10.3. The van der Waals surface area contributed by atoms with Gasteiger partial charge in [-0.1, -0.05) is 0 Å². The molecule has 0 aliphatic carbocycles. The number of thioether (sulfide) groups is 1. The summed E-state index contributed by atoms with van der Waals surface area (Å²) < 4.78 is 27.9. The molecule has 2 N–H and O–H groups in total. The molecule has 5 nitrogen and oxygen atoms in total. The smallest absolute Gasteiger partial charge is 0.387 e. The van der Waals surface area contributed by atoms with Crippen LogP contribution in [0, 0.1) is 0 Å². The molecular formula is C11H11F2NO4S. The van der Waals surface area contributed by atoms with Crippen molar-refractivity contribution < 1.29 is 28.2 Å². The van der Waals surface area contributed by atoms with Gasteiger partial charge in [-0.15, -0.1) is 11.8 Å². The van der Waals surface area contributed by atoms with Gasteiger partial charge in [0.05, 0.1) is 11.5 Å². The number of carbonyl (C=O) groups excluding carboxylic acids is 1. The molecule has 0 spiro atoms. The Hall–Kier alpha value is -1.83. The van der Waals surface area contributed by atoms with Crippen LogP contribution in [0.2, 0.25) is 0 Å². The van der Waals surface area contributed by atoms with Crippen molar-refractivity contribution in [1.82, 2.24) is 0 Å². The van der Waals surface area contributed by atoms with Crippen LogP contribution < -0.4 is 10.1 Å². The summed E-state index contributed by atoms with van der Waals surface area (Å²) in [7, 11) is 0. The van der Waals surface area contributed by atoms with Crippen molar-refractivity contribution in [3.8, 4) is 5.75 Å². The fraction of sp³-hybridized carbons (Fsp3) is 0.273. The van der Waals surface area contributed by atoms with E-state index in [9.17, 15) is 18.4 Å². The second kappa shape index (κ2) is 7.57. The van der Waals surface area contributed by atoms with Gasteiger partial charge >= 0.3 is 12.6 Å². The fourth-order valence-corrected chi connectivity index (χ4v) is 1.68. The van der Waals surface area contributed by atoms with E-state index < -0.39 is 12.6 Å². The molecule has 104 valence electrons. The quantitative estimate of drug-likeness (QED) is 0.804. The largest absolute Gasteiger partial charge is 0.481 e. The highest BCUT2D eigenvalue weighted by atomic mass is 32.2. The Morgan fingerprint density at radius 2 is 1.89 bits per heavy atom. The van der Waals surface area contributed by atoms with Gasteiger partial charge in [-0.05, 0) is 24.3 Å². The van der Waals surface area contributed by atoms with Gasteiger partial charge in [0, 0.05) is 5.69 Å². The molecule has 1 aromatic rings. The van der Waals surface area contributed by atoms with E-state index in [1.54, 1.807) is 0 Å². The third kappa shape index (κ3) is 6.61. The Balaban J connectivity index is 2.40. The number of hydrogen-bond donors (Lipinski definition) is 2. The van der Waals surface area contributed by atoms with E-state index in [4.69, 9.17) is 5.11 Å². The number of amides is 1. The molecule has 1 aromatic carbocycles. The maximum absolute atomic E-state index is 11.9. The summed E-state index contributed by atoms with van der Waals surface area (Å²) in [4.78, 5) is 21.6. The third-order valence-corrected chi connectivity index (χ3v) is 2.74. The van der Waals surface area contributed by atoms with Crippen LogP contribution in [0.3, 0.4) is 0 Å². The molecule has 19 heavy (non-hydrogen) atoms. The molecule has 0 unspecified atom stereocenters. The van der Waals surface area contributed by atoms with Crippen LogP contribution in [0.5, 0.6) is 5.75 Å². The maximum atomic E-state index is 11.9. The molecule has 0 bridgehead atoms. The summed E-state index contributed by atoms with van der Waals surface area (Å²) in [5.41, 5.74) is 0.419. The minimum atomic E-state index is -2.90. The first kappa shape index (κ1) is 15.2. The zero-order valence-electron chi connectivity index (χ0n) is 9.64. The molecule has 0 atom stereocenters. The van der Waals surface area contributed by atoms with Crippen molar-refractivity contribution in [3.05, 3.63) is 24.3 Å². The topological polar surface area (TPSA) is 75.6 Å². The number of nitrogens with one attached hydrogen (secondary N) is 1. The fourth-order valence-electron chi connectivity index (χ4n) is 1.15. The van der Waals surface area contributed by atoms with Crippen molar-refractivity contribution in [2.45, 2.75) is 6.61 Å². The average Bonchev–Trinajstić information content (AvgIpc) is 2.30. The van der Waals surface area contributed by atoms with E-state index in [2.05, 4.69) is 10.1 Å². The van der Waals surface area contributed by atoms with Crippen LogP contribution in [0.15, 0.2) is 24.3 Å². The summed E-state index contributed by atoms with van der Waals surface area (Å²) in [6, 6.07) is 5.42. The van der Waals surface area contributed by atoms with Crippen LogP contribution >= 0.6 is 11.8 Å². The molecule has 1 amide bonds. The second-order valence-electron chi connectivity index (χ2n) is 3.34. The molecule has 0 aliphatic rings. The number of carbonyl (C=O) groups is 2. The highest BCUT2D eigenvalue weighted by molar-refractivity contribution is 8.00. The minimum absolute atomic E-state index is 0.00157. The molecular weight excluding hydrogens is 280 g/mol. The van der Waals surface area contributed by atoms with Crippen LogP contribution in [0.4, 0.5) is 14.5 Å². The molecule has 0 aliphatic heterocycles. The van der Waals surface area contributed by atoms with Gasteiger partial charge in [-0.25, -0.2) is 0 Å². The van der Waals surface area contributed by atoms with E-state index in [1.807, 2.05) is 0 Å². The minimum Gasteiger partial charge on any atom is -0.481 e. The lowest BCUT2D eigenvalue weighted by molar-refractivity contribution is -0.133. The Morgan fingerprint density at radius 3 is 2.42 bits per heavy atom. The maximum Gasteiger partial charge on any atom is 0.387 e. The zero-order chi connectivity index (χ0) is 14.3. The van der Waals surface area contributed by atoms with E-state index in [1.165, 1.54) is 24.3 Å². The van der Waals surface area contributed by atoms with Gasteiger partial charge in [-0.2, -0.15) is 8.78 Å². The number of benzene rings is 1. The number of anilines is 1. The summed E-state index contributed by atoms with van der Waals surface area (Å²) >= 11 is 0.965. The summed E-state index contributed by atoms with van der Waals surface area (Å²) in [5, 5.41) is 10.9. The van der Waals surface area contributed by atoms with E-state index >= 15 is 0 Å². The lowest BCUT2D eigenvalue weighted by Gasteiger charge is -2.07. The molecule has 0 heterocycles. The van der Waals surface area contributed by atoms with Gasteiger partial charge in [-0.3, -0.25) is 9.59 Å². The number of carboxylic acids is 1. The predicted molar refractivity (Wildman–Crippen MR) is 66.7 cm³/mol. The first-order valence-corrected chi connectivity index (χ1v) is 6.27. The van der Waals surface area contributed by atoms with Gasteiger partial charge in [0.25, 0.3) is 0 Å². The van der Waals surface area contributed by atoms with E-state index in [-0.39, 0.29) is 23.2 Å². The SMILES string of the molecule is O=C(O)CSCC(=O)Nc1ccc(OC(F)F)cc1. The Morgan fingerprint density at radius 1 is 1.26 bits per heavy atom. The Kier molecular flexibility index (Phi) is 6.07. The van der Waals surface area contributed by atoms with Crippen molar-refractivity contribution in [2.75, 3.05) is 16.8 Å². The Labute approximate surface area is 111 Å². The second-order valence-corrected chi connectivity index (χ2v) is 4.32. The molecule has 1 rings (SSSR count). The van der Waals surface area contributed by atoms with Crippen molar-refractivity contribution >= 4 is 29.3 Å². The number of aliphatic carboxylic acids is 1. The number of alkyl halides is 2. The highest BCUT2D eigenvalue weighted by Crippen LogP contribution is 2.17. The molecule has 0 aromatic heterocycles. The molecule has 8 heteroatoms. The normalized spacial score (nSPS) is 10.3. The van der Waals surface area contributed by atoms with Gasteiger partial charge in [0.2, 0.25) is 5.91 Å². The van der Waals surface area contributed by atoms with Gasteiger partial charge < -0.3 is 15.2 Å². The lowest BCUT2D eigenvalue weighted by Crippen LogP contribution is -2.15. The van der Waals surface area contributed by atoms with E-state index in [0.29, 0.717) is 5.69 Å². The number of ether oxygens (including phenoxy) is 1. The van der Waals surface area contributed by atoms with E-state index in [0.717, 1.165) is 11.8 Å². The first-order chi connectivity index (χ1) is 8.97. The van der Waals surface area contributed by atoms with Gasteiger partial charge in [0.1, 0.15) is 5.75 Å². The van der Waals surface area contributed by atoms with Crippen LogP contribution in [0.1, 0.15) is 0 Å². The standard InChI is InChI=1S/C11H11F2NO4S/c12-11(13)18-8-3-1-7(2-4-8)14-9(15)5-19-6-10(16)17/h1-4,11H,5-6H2,(H,14,15)(H,16,17). The molecule has 0 saturated carbocycles. The predicted octanol–water partition coefficient (Wildman–Crippen LogP) is 2.04. The monoisotopic (exact) mass is 291 g/mol.